The summed E-state index contributed by atoms with van der Waals surface area (Å²) in [5.41, 5.74) is 1.34. The lowest BCUT2D eigenvalue weighted by molar-refractivity contribution is -0.177. The number of rotatable bonds is 1. The van der Waals surface area contributed by atoms with Crippen LogP contribution in [-0.2, 0) is 22.3 Å². The predicted octanol–water partition coefficient (Wildman–Crippen LogP) is 2.16. The van der Waals surface area contributed by atoms with E-state index in [9.17, 15) is 13.2 Å². The number of hydrogen-bond donors (Lipinski definition) is 1. The van der Waals surface area contributed by atoms with Gasteiger partial charge < -0.3 is 14.5 Å². The van der Waals surface area contributed by atoms with Gasteiger partial charge in [0.2, 0.25) is 0 Å². The second kappa shape index (κ2) is 4.79. The molecule has 1 aromatic heterocycles. The van der Waals surface area contributed by atoms with Crippen LogP contribution in [0.2, 0.25) is 0 Å². The van der Waals surface area contributed by atoms with E-state index in [2.05, 4.69) is 9.97 Å². The van der Waals surface area contributed by atoms with Crippen LogP contribution in [0.5, 0.6) is 0 Å². The van der Waals surface area contributed by atoms with Gasteiger partial charge in [-0.2, -0.15) is 13.2 Å². The van der Waals surface area contributed by atoms with Gasteiger partial charge in [-0.1, -0.05) is 0 Å². The fraction of sp³-hybridized carbons (Fsp3) is 0.750. The summed E-state index contributed by atoms with van der Waals surface area (Å²) in [5, 5.41) is 0. The Morgan fingerprint density at radius 1 is 1.26 bits per heavy atom. The van der Waals surface area contributed by atoms with Gasteiger partial charge in [-0.15, -0.1) is 0 Å². The number of alkyl halides is 3. The van der Waals surface area contributed by atoms with Gasteiger partial charge in [0.15, 0.2) is 0 Å². The van der Waals surface area contributed by atoms with Crippen LogP contribution in [0.15, 0.2) is 0 Å². The summed E-state index contributed by atoms with van der Waals surface area (Å²) >= 11 is 0. The number of aryl methyl sites for hydroxylation is 1. The highest BCUT2D eigenvalue weighted by atomic mass is 19.4. The minimum absolute atomic E-state index is 0.0145. The van der Waals surface area contributed by atoms with Gasteiger partial charge >= 0.3 is 6.18 Å². The third-order valence-electron chi connectivity index (χ3n) is 3.65. The van der Waals surface area contributed by atoms with E-state index in [4.69, 9.17) is 9.47 Å². The summed E-state index contributed by atoms with van der Waals surface area (Å²) in [6.07, 6.45) is -3.96. The molecule has 0 spiro atoms. The first-order valence-electron chi connectivity index (χ1n) is 6.38. The largest absolute Gasteiger partial charge is 0.392 e. The molecule has 1 aromatic rings. The van der Waals surface area contributed by atoms with Crippen LogP contribution in [0.4, 0.5) is 13.2 Å². The van der Waals surface area contributed by atoms with E-state index < -0.39 is 12.1 Å². The summed E-state index contributed by atoms with van der Waals surface area (Å²) < 4.78 is 48.9. The van der Waals surface area contributed by atoms with Gasteiger partial charge in [0.1, 0.15) is 11.9 Å². The van der Waals surface area contributed by atoms with Crippen molar-refractivity contribution in [3.05, 3.63) is 17.2 Å². The lowest BCUT2D eigenvalue weighted by atomic mass is 9.89. The van der Waals surface area contributed by atoms with E-state index >= 15 is 0 Å². The van der Waals surface area contributed by atoms with Crippen molar-refractivity contribution < 1.29 is 22.6 Å². The summed E-state index contributed by atoms with van der Waals surface area (Å²) in [5.74, 6) is -0.677. The van der Waals surface area contributed by atoms with Crippen LogP contribution in [0, 0.1) is 5.92 Å². The molecule has 1 saturated heterocycles. The highest BCUT2D eigenvalue weighted by Gasteiger charge is 2.42. The molecule has 0 aromatic carbocycles. The number of ether oxygens (including phenoxy) is 2. The van der Waals surface area contributed by atoms with Gasteiger partial charge in [-0.05, 0) is 12.8 Å². The Kier molecular flexibility index (Phi) is 3.26. The third kappa shape index (κ3) is 2.62. The third-order valence-corrected chi connectivity index (χ3v) is 3.65. The van der Waals surface area contributed by atoms with E-state index in [0.717, 1.165) is 5.69 Å². The van der Waals surface area contributed by atoms with Gasteiger partial charge in [0, 0.05) is 12.1 Å². The smallest absolute Gasteiger partial charge is 0.376 e. The maximum absolute atomic E-state index is 12.7. The Bertz CT molecular complexity index is 452. The molecule has 106 valence electrons. The molecule has 0 bridgehead atoms. The van der Waals surface area contributed by atoms with Crippen LogP contribution < -0.4 is 0 Å². The lowest BCUT2D eigenvalue weighted by Crippen LogP contribution is -2.28. The first kappa shape index (κ1) is 12.9. The first-order chi connectivity index (χ1) is 9.04. The maximum atomic E-state index is 12.7. The maximum Gasteiger partial charge on any atom is 0.392 e. The minimum Gasteiger partial charge on any atom is -0.376 e. The highest BCUT2D eigenvalue weighted by Crippen LogP contribution is 2.36. The van der Waals surface area contributed by atoms with Gasteiger partial charge in [-0.25, -0.2) is 4.98 Å². The molecule has 2 aliphatic rings. The van der Waals surface area contributed by atoms with Crippen molar-refractivity contribution >= 4 is 0 Å². The van der Waals surface area contributed by atoms with Crippen molar-refractivity contribution in [3.63, 3.8) is 0 Å². The molecule has 7 heteroatoms. The summed E-state index contributed by atoms with van der Waals surface area (Å²) in [6, 6.07) is 0. The number of halogens is 3. The monoisotopic (exact) mass is 276 g/mol. The standard InChI is InChI=1S/C12H15F3N2O2/c13-12(14,15)7-1-2-8-9(5-7)17-11(16-8)10-6-18-3-4-19-10/h7,10H,1-6H2,(H,16,17). The van der Waals surface area contributed by atoms with Crippen molar-refractivity contribution in [3.8, 4) is 0 Å². The van der Waals surface area contributed by atoms with Crippen molar-refractivity contribution in [2.75, 3.05) is 19.8 Å². The molecular formula is C12H15F3N2O2. The zero-order valence-corrected chi connectivity index (χ0v) is 10.3. The number of nitrogens with one attached hydrogen (secondary N) is 1. The van der Waals surface area contributed by atoms with E-state index in [1.165, 1.54) is 0 Å². The molecule has 1 N–H and O–H groups in total. The molecule has 1 aliphatic carbocycles. The molecule has 1 fully saturated rings. The van der Waals surface area contributed by atoms with Crippen LogP contribution in [-0.4, -0.2) is 36.0 Å². The van der Waals surface area contributed by atoms with E-state index in [1.807, 2.05) is 0 Å². The molecule has 2 atom stereocenters. The van der Waals surface area contributed by atoms with Crippen LogP contribution in [0.1, 0.15) is 29.7 Å². The fourth-order valence-corrected chi connectivity index (χ4v) is 2.58. The minimum atomic E-state index is -4.13. The zero-order chi connectivity index (χ0) is 13.5. The molecule has 2 unspecified atom stereocenters. The average molecular weight is 276 g/mol. The van der Waals surface area contributed by atoms with Crippen molar-refractivity contribution in [1.29, 1.82) is 0 Å². The van der Waals surface area contributed by atoms with Crippen LogP contribution in [0.3, 0.4) is 0 Å². The predicted molar refractivity (Wildman–Crippen MR) is 59.7 cm³/mol. The Morgan fingerprint density at radius 3 is 2.79 bits per heavy atom. The zero-order valence-electron chi connectivity index (χ0n) is 10.3. The normalized spacial score (nSPS) is 28.2. The Labute approximate surface area is 108 Å². The fourth-order valence-electron chi connectivity index (χ4n) is 2.58. The number of aromatic amines is 1. The number of fused-ring (bicyclic) bond motifs is 1. The van der Waals surface area contributed by atoms with Gasteiger partial charge in [0.05, 0.1) is 31.4 Å². The van der Waals surface area contributed by atoms with E-state index in [0.29, 0.717) is 37.8 Å². The van der Waals surface area contributed by atoms with E-state index in [-0.39, 0.29) is 18.9 Å². The second-order valence-corrected chi connectivity index (χ2v) is 4.96. The molecule has 2 heterocycles. The number of H-pyrrole nitrogens is 1. The summed E-state index contributed by atoms with van der Waals surface area (Å²) in [4.78, 5) is 7.35. The lowest BCUT2D eigenvalue weighted by Gasteiger charge is -2.23. The van der Waals surface area contributed by atoms with Gasteiger partial charge in [-0.3, -0.25) is 0 Å². The summed E-state index contributed by atoms with van der Waals surface area (Å²) in [6.45, 7) is 1.43. The highest BCUT2D eigenvalue weighted by molar-refractivity contribution is 5.20. The molecular weight excluding hydrogens is 261 g/mol. The molecule has 3 rings (SSSR count). The number of nitrogens with zero attached hydrogens (tertiary/aromatic N) is 1. The van der Waals surface area contributed by atoms with Crippen LogP contribution in [0.25, 0.3) is 0 Å². The Morgan fingerprint density at radius 2 is 2.11 bits per heavy atom. The number of hydrogen-bond acceptors (Lipinski definition) is 3. The molecule has 19 heavy (non-hydrogen) atoms. The second-order valence-electron chi connectivity index (χ2n) is 4.96. The number of aromatic nitrogens is 2. The Balaban J connectivity index is 1.77. The molecule has 4 nitrogen and oxygen atoms in total. The quantitative estimate of drug-likeness (QED) is 0.855. The molecule has 1 aliphatic heterocycles. The average Bonchev–Trinajstić information content (AvgIpc) is 2.81. The van der Waals surface area contributed by atoms with Gasteiger partial charge in [0.25, 0.3) is 0 Å². The van der Waals surface area contributed by atoms with Crippen molar-refractivity contribution in [2.24, 2.45) is 5.92 Å². The van der Waals surface area contributed by atoms with Crippen molar-refractivity contribution in [2.45, 2.75) is 31.5 Å². The first-order valence-corrected chi connectivity index (χ1v) is 6.38. The Hall–Kier alpha value is -1.08. The topological polar surface area (TPSA) is 47.1 Å². The summed E-state index contributed by atoms with van der Waals surface area (Å²) in [7, 11) is 0. The molecule has 0 radical (unpaired) electrons. The molecule has 0 saturated carbocycles. The SMILES string of the molecule is FC(F)(F)C1CCc2nc(C3COCCO3)[nH]c2C1. The van der Waals surface area contributed by atoms with Crippen LogP contribution >= 0.6 is 0 Å². The number of imidazole rings is 1. The van der Waals surface area contributed by atoms with Crippen molar-refractivity contribution in [1.82, 2.24) is 9.97 Å². The molecule has 0 amide bonds. The van der Waals surface area contributed by atoms with E-state index in [1.54, 1.807) is 0 Å².